The Balaban J connectivity index is 2.45. The van der Waals surface area contributed by atoms with Gasteiger partial charge in [0.1, 0.15) is 5.60 Å². The Morgan fingerprint density at radius 1 is 1.45 bits per heavy atom. The van der Waals surface area contributed by atoms with E-state index >= 15 is 0 Å². The lowest BCUT2D eigenvalue weighted by Crippen LogP contribution is -2.49. The van der Waals surface area contributed by atoms with Crippen LogP contribution < -0.4 is 0 Å². The van der Waals surface area contributed by atoms with Crippen LogP contribution in [0.4, 0.5) is 0 Å². The number of carbonyl (C=O) groups excluding carboxylic acids is 1. The van der Waals surface area contributed by atoms with E-state index in [1.165, 1.54) is 0 Å². The summed E-state index contributed by atoms with van der Waals surface area (Å²) < 4.78 is 10.7. The van der Waals surface area contributed by atoms with Crippen LogP contribution in [0.3, 0.4) is 0 Å². The molecule has 0 fully saturated rings. The summed E-state index contributed by atoms with van der Waals surface area (Å²) in [5.74, 6) is -1.05. The summed E-state index contributed by atoms with van der Waals surface area (Å²) in [4.78, 5) is 12.3. The second-order valence-corrected chi connectivity index (χ2v) is 5.55. The number of esters is 1. The highest BCUT2D eigenvalue weighted by Gasteiger charge is 2.48. The summed E-state index contributed by atoms with van der Waals surface area (Å²) in [6.07, 6.45) is 0. The van der Waals surface area contributed by atoms with Crippen molar-refractivity contribution in [3.63, 3.8) is 0 Å². The molecule has 4 heteroatoms. The zero-order valence-corrected chi connectivity index (χ0v) is 12.3. The molecule has 1 aliphatic heterocycles. The van der Waals surface area contributed by atoms with Crippen LogP contribution in [0.2, 0.25) is 0 Å². The van der Waals surface area contributed by atoms with Gasteiger partial charge in [-0.15, -0.1) is 0 Å². The molecule has 0 radical (unpaired) electrons. The second-order valence-electron chi connectivity index (χ2n) is 5.55. The molecule has 2 rings (SSSR count). The molecular formula is C16H22O4. The fraction of sp³-hybridized carbons (Fsp3) is 0.562. The van der Waals surface area contributed by atoms with Gasteiger partial charge in [-0.25, -0.2) is 0 Å². The average Bonchev–Trinajstić information content (AvgIpc) is 2.39. The maximum absolute atomic E-state index is 12.3. The molecule has 0 amide bonds. The summed E-state index contributed by atoms with van der Waals surface area (Å²) in [7, 11) is 0. The number of hydrogen-bond acceptors (Lipinski definition) is 4. The van der Waals surface area contributed by atoms with Crippen molar-refractivity contribution in [2.24, 2.45) is 11.8 Å². The Hall–Kier alpha value is -1.39. The molecular weight excluding hydrogens is 256 g/mol. The molecule has 4 nitrogen and oxygen atoms in total. The zero-order chi connectivity index (χ0) is 14.8. The Labute approximate surface area is 119 Å². The number of hydrogen-bond donors (Lipinski definition) is 1. The van der Waals surface area contributed by atoms with E-state index in [0.29, 0.717) is 13.2 Å². The van der Waals surface area contributed by atoms with Crippen molar-refractivity contribution < 1.29 is 19.4 Å². The maximum Gasteiger partial charge on any atom is 0.312 e. The maximum atomic E-state index is 12.3. The van der Waals surface area contributed by atoms with Crippen molar-refractivity contribution in [1.29, 1.82) is 0 Å². The van der Waals surface area contributed by atoms with Gasteiger partial charge in [0.2, 0.25) is 0 Å². The molecule has 2 unspecified atom stereocenters. The summed E-state index contributed by atoms with van der Waals surface area (Å²) >= 11 is 0. The number of rotatable bonds is 4. The fourth-order valence-electron chi connectivity index (χ4n) is 2.97. The summed E-state index contributed by atoms with van der Waals surface area (Å²) in [6, 6.07) is 7.56. The Morgan fingerprint density at radius 3 is 2.80 bits per heavy atom. The van der Waals surface area contributed by atoms with Gasteiger partial charge in [0.05, 0.1) is 25.7 Å². The van der Waals surface area contributed by atoms with Crippen molar-refractivity contribution in [2.45, 2.75) is 33.0 Å². The standard InChI is InChI=1S/C16H22O4/c1-4-20-15(17)14(11(2)3)16(18)10-19-9-12-7-5-6-8-13(12)16/h5-8,11,14,18H,4,9-10H2,1-3H3. The van der Waals surface area contributed by atoms with Crippen LogP contribution in [-0.4, -0.2) is 24.3 Å². The van der Waals surface area contributed by atoms with Gasteiger partial charge in [0.15, 0.2) is 0 Å². The molecule has 1 aromatic rings. The van der Waals surface area contributed by atoms with Crippen LogP contribution in [0.15, 0.2) is 24.3 Å². The first kappa shape index (κ1) is 15.0. The lowest BCUT2D eigenvalue weighted by Gasteiger charge is -2.40. The minimum atomic E-state index is -1.32. The summed E-state index contributed by atoms with van der Waals surface area (Å²) in [6.45, 7) is 6.48. The highest BCUT2D eigenvalue weighted by atomic mass is 16.5. The van der Waals surface area contributed by atoms with Gasteiger partial charge in [0.25, 0.3) is 0 Å². The number of ether oxygens (including phenoxy) is 2. The molecule has 1 aliphatic rings. The van der Waals surface area contributed by atoms with E-state index in [1.54, 1.807) is 6.92 Å². The van der Waals surface area contributed by atoms with E-state index in [1.807, 2.05) is 38.1 Å². The van der Waals surface area contributed by atoms with Gasteiger partial charge in [-0.1, -0.05) is 38.1 Å². The molecule has 0 bridgehead atoms. The molecule has 0 saturated heterocycles. The third-order valence-corrected chi connectivity index (χ3v) is 3.79. The van der Waals surface area contributed by atoms with Crippen molar-refractivity contribution in [3.8, 4) is 0 Å². The topological polar surface area (TPSA) is 55.8 Å². The van der Waals surface area contributed by atoms with E-state index in [2.05, 4.69) is 0 Å². The largest absolute Gasteiger partial charge is 0.466 e. The van der Waals surface area contributed by atoms with Crippen molar-refractivity contribution >= 4 is 5.97 Å². The third kappa shape index (κ3) is 2.58. The Bertz CT molecular complexity index is 483. The van der Waals surface area contributed by atoms with E-state index in [9.17, 15) is 9.90 Å². The van der Waals surface area contributed by atoms with Crippen molar-refractivity contribution in [2.75, 3.05) is 13.2 Å². The molecule has 20 heavy (non-hydrogen) atoms. The normalized spacial score (nSPS) is 23.2. The molecule has 110 valence electrons. The van der Waals surface area contributed by atoms with E-state index in [-0.39, 0.29) is 18.5 Å². The highest BCUT2D eigenvalue weighted by Crippen LogP contribution is 2.40. The number of benzene rings is 1. The predicted molar refractivity (Wildman–Crippen MR) is 75.0 cm³/mol. The van der Waals surface area contributed by atoms with E-state index in [4.69, 9.17) is 9.47 Å². The lowest BCUT2D eigenvalue weighted by molar-refractivity contribution is -0.174. The van der Waals surface area contributed by atoms with Crippen LogP contribution in [0.25, 0.3) is 0 Å². The van der Waals surface area contributed by atoms with Crippen molar-refractivity contribution in [1.82, 2.24) is 0 Å². The molecule has 2 atom stereocenters. The smallest absolute Gasteiger partial charge is 0.312 e. The van der Waals surface area contributed by atoms with E-state index < -0.39 is 11.5 Å². The van der Waals surface area contributed by atoms with Gasteiger partial charge >= 0.3 is 5.97 Å². The summed E-state index contributed by atoms with van der Waals surface area (Å²) in [5.41, 5.74) is 0.379. The number of aliphatic hydroxyl groups is 1. The predicted octanol–water partition coefficient (Wildman–Crippen LogP) is 2.24. The second kappa shape index (κ2) is 5.94. The molecule has 1 N–H and O–H groups in total. The number of carbonyl (C=O) groups is 1. The van der Waals surface area contributed by atoms with Gasteiger partial charge in [-0.05, 0) is 24.0 Å². The van der Waals surface area contributed by atoms with Crippen LogP contribution in [0.1, 0.15) is 31.9 Å². The first-order valence-corrected chi connectivity index (χ1v) is 7.05. The first-order chi connectivity index (χ1) is 9.50. The summed E-state index contributed by atoms with van der Waals surface area (Å²) in [5, 5.41) is 11.1. The molecule has 0 aromatic heterocycles. The average molecular weight is 278 g/mol. The van der Waals surface area contributed by atoms with Gasteiger partial charge in [0, 0.05) is 0 Å². The minimum Gasteiger partial charge on any atom is -0.466 e. The van der Waals surface area contributed by atoms with Crippen LogP contribution >= 0.6 is 0 Å². The van der Waals surface area contributed by atoms with E-state index in [0.717, 1.165) is 11.1 Å². The minimum absolute atomic E-state index is 0.0474. The molecule has 0 spiro atoms. The van der Waals surface area contributed by atoms with Crippen LogP contribution in [0, 0.1) is 11.8 Å². The molecule has 0 saturated carbocycles. The Morgan fingerprint density at radius 2 is 2.15 bits per heavy atom. The molecule has 1 heterocycles. The van der Waals surface area contributed by atoms with Gasteiger partial charge < -0.3 is 14.6 Å². The SMILES string of the molecule is CCOC(=O)C(C(C)C)C1(O)COCc2ccccc21. The lowest BCUT2D eigenvalue weighted by atomic mass is 9.73. The molecule has 1 aromatic carbocycles. The van der Waals surface area contributed by atoms with Gasteiger partial charge in [-0.2, -0.15) is 0 Å². The fourth-order valence-corrected chi connectivity index (χ4v) is 2.97. The van der Waals surface area contributed by atoms with Crippen LogP contribution in [-0.2, 0) is 26.5 Å². The zero-order valence-electron chi connectivity index (χ0n) is 12.3. The van der Waals surface area contributed by atoms with Gasteiger partial charge in [-0.3, -0.25) is 4.79 Å². The Kier molecular flexibility index (Phi) is 4.45. The monoisotopic (exact) mass is 278 g/mol. The highest BCUT2D eigenvalue weighted by molar-refractivity contribution is 5.75. The third-order valence-electron chi connectivity index (χ3n) is 3.79. The van der Waals surface area contributed by atoms with Crippen LogP contribution in [0.5, 0.6) is 0 Å². The molecule has 0 aliphatic carbocycles. The number of fused-ring (bicyclic) bond motifs is 1. The quantitative estimate of drug-likeness (QED) is 0.858. The first-order valence-electron chi connectivity index (χ1n) is 7.05. The van der Waals surface area contributed by atoms with Crippen molar-refractivity contribution in [3.05, 3.63) is 35.4 Å².